The Morgan fingerprint density at radius 3 is 2.93 bits per heavy atom. The van der Waals surface area contributed by atoms with Crippen molar-refractivity contribution in [2.24, 2.45) is 5.73 Å². The second kappa shape index (κ2) is 6.05. The maximum absolute atomic E-state index is 12.9. The molecule has 0 fully saturated rings. The zero-order valence-corrected chi connectivity index (χ0v) is 9.43. The Hall–Kier alpha value is -0.640. The third-order valence-corrected chi connectivity index (χ3v) is 2.54. The van der Waals surface area contributed by atoms with E-state index in [1.54, 1.807) is 13.2 Å². The molecule has 1 atom stereocenters. The summed E-state index contributed by atoms with van der Waals surface area (Å²) < 4.78 is 17.8. The van der Waals surface area contributed by atoms with Crippen molar-refractivity contribution in [2.45, 2.75) is 18.9 Å². The number of hydrogen-bond acceptors (Lipinski definition) is 2. The highest BCUT2D eigenvalue weighted by atomic mass is 35.5. The van der Waals surface area contributed by atoms with Crippen molar-refractivity contribution in [3.05, 3.63) is 34.6 Å². The predicted octanol–water partition coefficient (Wildman–Crippen LogP) is 2.39. The highest BCUT2D eigenvalue weighted by molar-refractivity contribution is 6.31. The summed E-state index contributed by atoms with van der Waals surface area (Å²) in [6.07, 6.45) is 1.40. The van der Waals surface area contributed by atoms with Crippen LogP contribution in [0.1, 0.15) is 12.0 Å². The van der Waals surface area contributed by atoms with Gasteiger partial charge in [0.25, 0.3) is 0 Å². The topological polar surface area (TPSA) is 35.2 Å². The summed E-state index contributed by atoms with van der Waals surface area (Å²) in [5.41, 5.74) is 6.55. The fourth-order valence-corrected chi connectivity index (χ4v) is 1.59. The van der Waals surface area contributed by atoms with Crippen molar-refractivity contribution in [3.8, 4) is 0 Å². The molecule has 0 aliphatic heterocycles. The SMILES string of the molecule is COCC(N)CCc1cc(F)ccc1Cl. The monoisotopic (exact) mass is 231 g/mol. The van der Waals surface area contributed by atoms with Crippen LogP contribution in [0, 0.1) is 5.82 Å². The van der Waals surface area contributed by atoms with E-state index < -0.39 is 0 Å². The average molecular weight is 232 g/mol. The molecular formula is C11H15ClFNO. The summed E-state index contributed by atoms with van der Waals surface area (Å²) in [5, 5.41) is 0.584. The Balaban J connectivity index is 2.53. The summed E-state index contributed by atoms with van der Waals surface area (Å²) in [4.78, 5) is 0. The first-order valence-electron chi connectivity index (χ1n) is 4.82. The lowest BCUT2D eigenvalue weighted by Gasteiger charge is -2.10. The largest absolute Gasteiger partial charge is 0.383 e. The summed E-state index contributed by atoms with van der Waals surface area (Å²) in [6, 6.07) is 4.32. The Kier molecular flexibility index (Phi) is 5.02. The van der Waals surface area contributed by atoms with E-state index in [9.17, 15) is 4.39 Å². The number of methoxy groups -OCH3 is 1. The summed E-state index contributed by atoms with van der Waals surface area (Å²) in [5.74, 6) is -0.269. The van der Waals surface area contributed by atoms with Gasteiger partial charge in [-0.15, -0.1) is 0 Å². The maximum Gasteiger partial charge on any atom is 0.123 e. The Morgan fingerprint density at radius 1 is 1.53 bits per heavy atom. The van der Waals surface area contributed by atoms with E-state index in [-0.39, 0.29) is 11.9 Å². The first-order chi connectivity index (χ1) is 7.13. The van der Waals surface area contributed by atoms with Crippen LogP contribution in [0.5, 0.6) is 0 Å². The molecule has 2 nitrogen and oxygen atoms in total. The zero-order chi connectivity index (χ0) is 11.3. The fourth-order valence-electron chi connectivity index (χ4n) is 1.37. The maximum atomic E-state index is 12.9. The van der Waals surface area contributed by atoms with Crippen LogP contribution in [-0.2, 0) is 11.2 Å². The van der Waals surface area contributed by atoms with Crippen LogP contribution in [0.25, 0.3) is 0 Å². The third kappa shape index (κ3) is 4.16. The van der Waals surface area contributed by atoms with E-state index in [2.05, 4.69) is 0 Å². The molecule has 0 aliphatic carbocycles. The van der Waals surface area contributed by atoms with E-state index >= 15 is 0 Å². The van der Waals surface area contributed by atoms with Gasteiger partial charge in [-0.3, -0.25) is 0 Å². The van der Waals surface area contributed by atoms with Gasteiger partial charge in [0.05, 0.1) is 6.61 Å². The van der Waals surface area contributed by atoms with Crippen LogP contribution in [0.3, 0.4) is 0 Å². The molecule has 1 aromatic carbocycles. The first-order valence-corrected chi connectivity index (χ1v) is 5.19. The molecule has 0 radical (unpaired) electrons. The summed E-state index contributed by atoms with van der Waals surface area (Å²) in [6.45, 7) is 0.507. The van der Waals surface area contributed by atoms with Crippen LogP contribution in [0.15, 0.2) is 18.2 Å². The lowest BCUT2D eigenvalue weighted by atomic mass is 10.1. The fraction of sp³-hybridized carbons (Fsp3) is 0.455. The van der Waals surface area contributed by atoms with E-state index in [0.717, 1.165) is 12.0 Å². The Morgan fingerprint density at radius 2 is 2.27 bits per heavy atom. The molecule has 4 heteroatoms. The minimum absolute atomic E-state index is 0.0330. The van der Waals surface area contributed by atoms with Gasteiger partial charge < -0.3 is 10.5 Å². The van der Waals surface area contributed by atoms with Crippen molar-refractivity contribution < 1.29 is 9.13 Å². The van der Waals surface area contributed by atoms with Crippen LogP contribution in [0.4, 0.5) is 4.39 Å². The highest BCUT2D eigenvalue weighted by Crippen LogP contribution is 2.18. The molecule has 0 amide bonds. The van der Waals surface area contributed by atoms with Gasteiger partial charge in [0.1, 0.15) is 5.82 Å². The van der Waals surface area contributed by atoms with Gasteiger partial charge in [0.2, 0.25) is 0 Å². The van der Waals surface area contributed by atoms with Crippen LogP contribution in [0.2, 0.25) is 5.02 Å². The number of benzene rings is 1. The predicted molar refractivity (Wildman–Crippen MR) is 59.6 cm³/mol. The molecule has 2 N–H and O–H groups in total. The molecule has 0 saturated heterocycles. The quantitative estimate of drug-likeness (QED) is 0.845. The molecule has 1 aromatic rings. The minimum Gasteiger partial charge on any atom is -0.383 e. The Labute approximate surface area is 94.2 Å². The van der Waals surface area contributed by atoms with Gasteiger partial charge in [-0.2, -0.15) is 0 Å². The van der Waals surface area contributed by atoms with Crippen molar-refractivity contribution in [3.63, 3.8) is 0 Å². The smallest absolute Gasteiger partial charge is 0.123 e. The van der Waals surface area contributed by atoms with Crippen LogP contribution < -0.4 is 5.73 Å². The molecule has 1 unspecified atom stereocenters. The van der Waals surface area contributed by atoms with E-state index in [1.807, 2.05) is 0 Å². The summed E-state index contributed by atoms with van der Waals surface area (Å²) >= 11 is 5.92. The second-order valence-electron chi connectivity index (χ2n) is 3.49. The second-order valence-corrected chi connectivity index (χ2v) is 3.90. The molecule has 84 valence electrons. The standard InChI is InChI=1S/C11H15ClFNO/c1-15-7-10(14)4-2-8-6-9(13)3-5-11(8)12/h3,5-6,10H,2,4,7,14H2,1H3. The van der Waals surface area contributed by atoms with Crippen molar-refractivity contribution in [1.29, 1.82) is 0 Å². The van der Waals surface area contributed by atoms with Crippen LogP contribution in [-0.4, -0.2) is 19.8 Å². The summed E-state index contributed by atoms with van der Waals surface area (Å²) in [7, 11) is 1.61. The average Bonchev–Trinajstić information content (AvgIpc) is 2.20. The van der Waals surface area contributed by atoms with Gasteiger partial charge in [-0.1, -0.05) is 11.6 Å². The number of aryl methyl sites for hydroxylation is 1. The minimum atomic E-state index is -0.269. The molecular weight excluding hydrogens is 217 g/mol. The number of hydrogen-bond donors (Lipinski definition) is 1. The number of rotatable bonds is 5. The van der Waals surface area contributed by atoms with Gasteiger partial charge in [-0.25, -0.2) is 4.39 Å². The van der Waals surface area contributed by atoms with Gasteiger partial charge in [0, 0.05) is 18.2 Å². The molecule has 0 aromatic heterocycles. The van der Waals surface area contributed by atoms with Crippen LogP contribution >= 0.6 is 11.6 Å². The van der Waals surface area contributed by atoms with Crippen molar-refractivity contribution in [2.75, 3.05) is 13.7 Å². The zero-order valence-electron chi connectivity index (χ0n) is 8.67. The van der Waals surface area contributed by atoms with Gasteiger partial charge >= 0.3 is 0 Å². The molecule has 0 aliphatic rings. The Bertz CT molecular complexity index is 319. The third-order valence-electron chi connectivity index (χ3n) is 2.17. The lowest BCUT2D eigenvalue weighted by molar-refractivity contribution is 0.177. The number of nitrogens with two attached hydrogens (primary N) is 1. The first kappa shape index (κ1) is 12.4. The molecule has 15 heavy (non-hydrogen) atoms. The highest BCUT2D eigenvalue weighted by Gasteiger charge is 2.06. The number of halogens is 2. The molecule has 0 saturated carbocycles. The van der Waals surface area contributed by atoms with Gasteiger partial charge in [-0.05, 0) is 36.6 Å². The molecule has 1 rings (SSSR count). The molecule has 0 bridgehead atoms. The van der Waals surface area contributed by atoms with E-state index in [1.165, 1.54) is 12.1 Å². The van der Waals surface area contributed by atoms with Gasteiger partial charge in [0.15, 0.2) is 0 Å². The van der Waals surface area contributed by atoms with Crippen molar-refractivity contribution >= 4 is 11.6 Å². The lowest BCUT2D eigenvalue weighted by Crippen LogP contribution is -2.26. The normalized spacial score (nSPS) is 12.8. The number of ether oxygens (including phenoxy) is 1. The molecule has 0 spiro atoms. The van der Waals surface area contributed by atoms with E-state index in [4.69, 9.17) is 22.1 Å². The van der Waals surface area contributed by atoms with E-state index in [0.29, 0.717) is 18.1 Å². The molecule has 0 heterocycles. The van der Waals surface area contributed by atoms with Crippen molar-refractivity contribution in [1.82, 2.24) is 0 Å².